The van der Waals surface area contributed by atoms with E-state index in [2.05, 4.69) is 18.7 Å². The largest absolute Gasteiger partial charge is 0.369 e. The van der Waals surface area contributed by atoms with Gasteiger partial charge in [-0.2, -0.15) is 0 Å². The molecule has 0 bridgehead atoms. The SMILES string of the molecule is CC(C)C1CC(N)CN(CC(N)=O)C1. The molecule has 0 aromatic carbocycles. The van der Waals surface area contributed by atoms with Gasteiger partial charge in [0.25, 0.3) is 0 Å². The quantitative estimate of drug-likeness (QED) is 0.660. The Morgan fingerprint density at radius 2 is 2.14 bits per heavy atom. The Kier molecular flexibility index (Phi) is 3.89. The van der Waals surface area contributed by atoms with Crippen molar-refractivity contribution in [1.29, 1.82) is 0 Å². The van der Waals surface area contributed by atoms with E-state index in [1.165, 1.54) is 0 Å². The van der Waals surface area contributed by atoms with Gasteiger partial charge in [-0.15, -0.1) is 0 Å². The maximum Gasteiger partial charge on any atom is 0.231 e. The summed E-state index contributed by atoms with van der Waals surface area (Å²) in [5, 5.41) is 0. The van der Waals surface area contributed by atoms with Gasteiger partial charge in [-0.1, -0.05) is 13.8 Å². The fourth-order valence-corrected chi connectivity index (χ4v) is 2.11. The van der Waals surface area contributed by atoms with Crippen LogP contribution in [0.3, 0.4) is 0 Å². The second-order valence-corrected chi connectivity index (χ2v) is 4.66. The summed E-state index contributed by atoms with van der Waals surface area (Å²) in [6.07, 6.45) is 1.06. The predicted octanol–water partition coefficient (Wildman–Crippen LogP) is -0.223. The summed E-state index contributed by atoms with van der Waals surface area (Å²) >= 11 is 0. The molecule has 4 N–H and O–H groups in total. The molecule has 4 heteroatoms. The van der Waals surface area contributed by atoms with Crippen LogP contribution in [0.25, 0.3) is 0 Å². The van der Waals surface area contributed by atoms with Crippen LogP contribution in [-0.4, -0.2) is 36.5 Å². The maximum atomic E-state index is 10.8. The van der Waals surface area contributed by atoms with Crippen LogP contribution in [0.5, 0.6) is 0 Å². The molecule has 0 saturated carbocycles. The van der Waals surface area contributed by atoms with Crippen LogP contribution < -0.4 is 11.5 Å². The van der Waals surface area contributed by atoms with E-state index in [0.717, 1.165) is 19.5 Å². The van der Waals surface area contributed by atoms with Gasteiger partial charge < -0.3 is 11.5 Å². The second kappa shape index (κ2) is 4.75. The molecular weight excluding hydrogens is 178 g/mol. The second-order valence-electron chi connectivity index (χ2n) is 4.66. The van der Waals surface area contributed by atoms with Gasteiger partial charge in [0.2, 0.25) is 5.91 Å². The fraction of sp³-hybridized carbons (Fsp3) is 0.900. The van der Waals surface area contributed by atoms with Crippen molar-refractivity contribution in [2.24, 2.45) is 23.3 Å². The van der Waals surface area contributed by atoms with Crippen molar-refractivity contribution in [3.8, 4) is 0 Å². The number of likely N-dealkylation sites (tertiary alicyclic amines) is 1. The van der Waals surface area contributed by atoms with E-state index in [1.54, 1.807) is 0 Å². The van der Waals surface area contributed by atoms with E-state index in [1.807, 2.05) is 0 Å². The summed E-state index contributed by atoms with van der Waals surface area (Å²) in [5.41, 5.74) is 11.1. The number of nitrogens with zero attached hydrogens (tertiary/aromatic N) is 1. The molecule has 2 atom stereocenters. The zero-order valence-corrected chi connectivity index (χ0v) is 9.07. The summed E-state index contributed by atoms with van der Waals surface area (Å²) < 4.78 is 0. The molecule has 4 nitrogen and oxygen atoms in total. The van der Waals surface area contributed by atoms with Crippen LogP contribution >= 0.6 is 0 Å². The number of primary amides is 1. The molecular formula is C10H21N3O. The third-order valence-electron chi connectivity index (χ3n) is 2.91. The minimum Gasteiger partial charge on any atom is -0.369 e. The van der Waals surface area contributed by atoms with Gasteiger partial charge in [0.15, 0.2) is 0 Å². The number of piperidine rings is 1. The molecule has 0 spiro atoms. The van der Waals surface area contributed by atoms with Crippen molar-refractivity contribution in [2.75, 3.05) is 19.6 Å². The van der Waals surface area contributed by atoms with Gasteiger partial charge in [0, 0.05) is 19.1 Å². The molecule has 1 fully saturated rings. The summed E-state index contributed by atoms with van der Waals surface area (Å²) in [7, 11) is 0. The van der Waals surface area contributed by atoms with E-state index in [9.17, 15) is 4.79 Å². The first-order chi connectivity index (χ1) is 6.49. The minimum atomic E-state index is -0.262. The van der Waals surface area contributed by atoms with Crippen LogP contribution in [0.4, 0.5) is 0 Å². The van der Waals surface area contributed by atoms with Crippen molar-refractivity contribution in [3.05, 3.63) is 0 Å². The molecule has 82 valence electrons. The Morgan fingerprint density at radius 3 is 2.64 bits per heavy atom. The molecule has 1 aliphatic heterocycles. The van der Waals surface area contributed by atoms with Crippen LogP contribution in [0.15, 0.2) is 0 Å². The highest BCUT2D eigenvalue weighted by Gasteiger charge is 2.27. The van der Waals surface area contributed by atoms with Crippen LogP contribution in [-0.2, 0) is 4.79 Å². The topological polar surface area (TPSA) is 72.3 Å². The number of amides is 1. The molecule has 14 heavy (non-hydrogen) atoms. The smallest absolute Gasteiger partial charge is 0.231 e. The van der Waals surface area contributed by atoms with E-state index >= 15 is 0 Å². The Hall–Kier alpha value is -0.610. The van der Waals surface area contributed by atoms with Gasteiger partial charge in [-0.25, -0.2) is 0 Å². The lowest BCUT2D eigenvalue weighted by atomic mass is 9.86. The molecule has 1 saturated heterocycles. The van der Waals surface area contributed by atoms with Crippen molar-refractivity contribution in [2.45, 2.75) is 26.3 Å². The van der Waals surface area contributed by atoms with Crippen LogP contribution in [0.1, 0.15) is 20.3 Å². The van der Waals surface area contributed by atoms with Gasteiger partial charge in [0.1, 0.15) is 0 Å². The standard InChI is InChI=1S/C10H21N3O/c1-7(2)8-3-9(11)5-13(4-8)6-10(12)14/h7-9H,3-6,11H2,1-2H3,(H2,12,14). The molecule has 0 aromatic rings. The third-order valence-corrected chi connectivity index (χ3v) is 2.91. The number of nitrogens with two attached hydrogens (primary N) is 2. The van der Waals surface area contributed by atoms with E-state index in [4.69, 9.17) is 11.5 Å². The van der Waals surface area contributed by atoms with Crippen molar-refractivity contribution in [1.82, 2.24) is 4.90 Å². The Bertz CT molecular complexity index is 206. The van der Waals surface area contributed by atoms with Crippen LogP contribution in [0.2, 0.25) is 0 Å². The first-order valence-electron chi connectivity index (χ1n) is 5.25. The summed E-state index contributed by atoms with van der Waals surface area (Å²) in [5.74, 6) is 0.955. The highest BCUT2D eigenvalue weighted by Crippen LogP contribution is 2.22. The molecule has 1 rings (SSSR count). The predicted molar refractivity (Wildman–Crippen MR) is 56.6 cm³/mol. The maximum absolute atomic E-state index is 10.8. The van der Waals surface area contributed by atoms with Gasteiger partial charge in [-0.05, 0) is 18.3 Å². The van der Waals surface area contributed by atoms with Crippen molar-refractivity contribution < 1.29 is 4.79 Å². The number of hydrogen-bond donors (Lipinski definition) is 2. The fourth-order valence-electron chi connectivity index (χ4n) is 2.11. The minimum absolute atomic E-state index is 0.190. The Labute approximate surface area is 85.6 Å². The first kappa shape index (κ1) is 11.5. The zero-order valence-electron chi connectivity index (χ0n) is 9.07. The third kappa shape index (κ3) is 3.27. The molecule has 0 aliphatic carbocycles. The van der Waals surface area contributed by atoms with Gasteiger partial charge >= 0.3 is 0 Å². The summed E-state index contributed by atoms with van der Waals surface area (Å²) in [6.45, 7) is 6.49. The molecule has 0 aromatic heterocycles. The number of carbonyl (C=O) groups excluding carboxylic acids is 1. The lowest BCUT2D eigenvalue weighted by molar-refractivity contribution is -0.119. The van der Waals surface area contributed by atoms with Gasteiger partial charge in [-0.3, -0.25) is 9.69 Å². The lowest BCUT2D eigenvalue weighted by Gasteiger charge is -2.37. The molecule has 2 unspecified atom stereocenters. The first-order valence-corrected chi connectivity index (χ1v) is 5.25. The number of hydrogen-bond acceptors (Lipinski definition) is 3. The zero-order chi connectivity index (χ0) is 10.7. The van der Waals surface area contributed by atoms with Crippen LogP contribution in [0, 0.1) is 11.8 Å². The van der Waals surface area contributed by atoms with E-state index < -0.39 is 0 Å². The van der Waals surface area contributed by atoms with Crippen molar-refractivity contribution >= 4 is 5.91 Å². The summed E-state index contributed by atoms with van der Waals surface area (Å²) in [4.78, 5) is 12.9. The van der Waals surface area contributed by atoms with E-state index in [-0.39, 0.29) is 11.9 Å². The van der Waals surface area contributed by atoms with E-state index in [0.29, 0.717) is 18.4 Å². The average Bonchev–Trinajstić information content (AvgIpc) is 2.01. The lowest BCUT2D eigenvalue weighted by Crippen LogP contribution is -2.50. The van der Waals surface area contributed by atoms with Gasteiger partial charge in [0.05, 0.1) is 6.54 Å². The van der Waals surface area contributed by atoms with Crippen molar-refractivity contribution in [3.63, 3.8) is 0 Å². The molecule has 1 amide bonds. The Morgan fingerprint density at radius 1 is 1.50 bits per heavy atom. The monoisotopic (exact) mass is 199 g/mol. The highest BCUT2D eigenvalue weighted by atomic mass is 16.1. The molecule has 1 heterocycles. The number of carbonyl (C=O) groups is 1. The average molecular weight is 199 g/mol. The number of rotatable bonds is 3. The highest BCUT2D eigenvalue weighted by molar-refractivity contribution is 5.75. The Balaban J connectivity index is 2.49. The summed E-state index contributed by atoms with van der Waals surface area (Å²) in [6, 6.07) is 0.190. The molecule has 0 radical (unpaired) electrons. The molecule has 1 aliphatic rings. The normalized spacial score (nSPS) is 29.4.